The zero-order valence-corrected chi connectivity index (χ0v) is 13.9. The van der Waals surface area contributed by atoms with E-state index in [0.717, 1.165) is 25.9 Å². The third kappa shape index (κ3) is 6.35. The van der Waals surface area contributed by atoms with E-state index in [2.05, 4.69) is 51.4 Å². The average Bonchev–Trinajstić information content (AvgIpc) is 2.77. The van der Waals surface area contributed by atoms with Gasteiger partial charge in [-0.3, -0.25) is 0 Å². The van der Waals surface area contributed by atoms with Crippen molar-refractivity contribution < 1.29 is 0 Å². The second-order valence-electron chi connectivity index (χ2n) is 6.14. The van der Waals surface area contributed by atoms with E-state index in [1.807, 2.05) is 0 Å². The summed E-state index contributed by atoms with van der Waals surface area (Å²) in [6, 6.07) is 0. The van der Waals surface area contributed by atoms with E-state index in [1.165, 1.54) is 22.7 Å². The fourth-order valence-electron chi connectivity index (χ4n) is 1.77. The number of allylic oxidation sites excluding steroid dienone is 1. The molecule has 3 heteroatoms. The van der Waals surface area contributed by atoms with Gasteiger partial charge in [0.25, 0.3) is 0 Å². The maximum Gasteiger partial charge on any atom is 0.0968 e. The molecule has 0 saturated heterocycles. The summed E-state index contributed by atoms with van der Waals surface area (Å²) in [6.45, 7) is 13.3. The number of hydrogen-bond acceptors (Lipinski definition) is 3. The monoisotopic (exact) mass is 280 g/mol. The number of thiazole rings is 1. The molecule has 108 valence electrons. The van der Waals surface area contributed by atoms with Gasteiger partial charge in [-0.15, -0.1) is 11.3 Å². The van der Waals surface area contributed by atoms with Crippen LogP contribution in [0.4, 0.5) is 0 Å². The van der Waals surface area contributed by atoms with Crippen LogP contribution < -0.4 is 5.32 Å². The van der Waals surface area contributed by atoms with Crippen LogP contribution >= 0.6 is 11.3 Å². The average molecular weight is 280 g/mol. The number of nitrogens with zero attached hydrogens (tertiary/aromatic N) is 1. The molecule has 1 heterocycles. The molecule has 0 bridgehead atoms. The van der Waals surface area contributed by atoms with Gasteiger partial charge in [0, 0.05) is 17.2 Å². The smallest absolute Gasteiger partial charge is 0.0968 e. The Bertz CT molecular complexity index is 399. The summed E-state index contributed by atoms with van der Waals surface area (Å²) >= 11 is 1.78. The van der Waals surface area contributed by atoms with Crippen molar-refractivity contribution in [2.24, 2.45) is 0 Å². The molecule has 0 unspecified atom stereocenters. The molecule has 1 N–H and O–H groups in total. The quantitative estimate of drug-likeness (QED) is 0.594. The Hall–Kier alpha value is -0.670. The second-order valence-corrected chi connectivity index (χ2v) is 7.09. The van der Waals surface area contributed by atoms with Gasteiger partial charge >= 0.3 is 0 Å². The molecule has 0 aliphatic rings. The highest BCUT2D eigenvalue weighted by atomic mass is 32.1. The molecular formula is C16H28N2S. The van der Waals surface area contributed by atoms with Crippen molar-refractivity contribution in [3.8, 4) is 0 Å². The third-order valence-corrected chi connectivity index (χ3v) is 3.84. The standard InChI is InChI=1S/C16H28N2S/c1-6-9-17-10-7-8-13(2)11-15-18-14(12-19-15)16(3,4)5/h8,12,17H,6-7,9-11H2,1-5H3. The van der Waals surface area contributed by atoms with Crippen molar-refractivity contribution in [3.05, 3.63) is 27.7 Å². The SMILES string of the molecule is CCCNCCC=C(C)Cc1nc(C(C)(C)C)cs1. The molecule has 1 aromatic heterocycles. The molecule has 0 aromatic carbocycles. The molecule has 0 aliphatic heterocycles. The van der Waals surface area contributed by atoms with Crippen LogP contribution in [0.25, 0.3) is 0 Å². The van der Waals surface area contributed by atoms with Crippen LogP contribution in [0.15, 0.2) is 17.0 Å². The van der Waals surface area contributed by atoms with Crippen LogP contribution in [0.2, 0.25) is 0 Å². The molecule has 0 atom stereocenters. The lowest BCUT2D eigenvalue weighted by Gasteiger charge is -2.14. The summed E-state index contributed by atoms with van der Waals surface area (Å²) in [4.78, 5) is 4.74. The van der Waals surface area contributed by atoms with E-state index in [0.29, 0.717) is 0 Å². The number of aromatic nitrogens is 1. The first-order chi connectivity index (χ1) is 8.93. The van der Waals surface area contributed by atoms with Crippen LogP contribution in [-0.2, 0) is 11.8 Å². The van der Waals surface area contributed by atoms with Crippen molar-refractivity contribution in [1.29, 1.82) is 0 Å². The molecule has 19 heavy (non-hydrogen) atoms. The number of rotatable bonds is 7. The summed E-state index contributed by atoms with van der Waals surface area (Å²) in [5.41, 5.74) is 2.80. The molecule has 0 amide bonds. The van der Waals surface area contributed by atoms with Crippen molar-refractivity contribution in [2.75, 3.05) is 13.1 Å². The van der Waals surface area contributed by atoms with E-state index in [4.69, 9.17) is 4.98 Å². The van der Waals surface area contributed by atoms with Crippen LogP contribution in [0.5, 0.6) is 0 Å². The lowest BCUT2D eigenvalue weighted by molar-refractivity contribution is 0.571. The van der Waals surface area contributed by atoms with Gasteiger partial charge < -0.3 is 5.32 Å². The molecular weight excluding hydrogens is 252 g/mol. The van der Waals surface area contributed by atoms with Gasteiger partial charge in [0.2, 0.25) is 0 Å². The van der Waals surface area contributed by atoms with Crippen molar-refractivity contribution in [1.82, 2.24) is 10.3 Å². The Balaban J connectivity index is 2.41. The first-order valence-electron chi connectivity index (χ1n) is 7.24. The van der Waals surface area contributed by atoms with Crippen molar-refractivity contribution >= 4 is 11.3 Å². The zero-order chi connectivity index (χ0) is 14.3. The van der Waals surface area contributed by atoms with Gasteiger partial charge in [0.15, 0.2) is 0 Å². The summed E-state index contributed by atoms with van der Waals surface area (Å²) in [5.74, 6) is 0. The van der Waals surface area contributed by atoms with E-state index >= 15 is 0 Å². The molecule has 1 rings (SSSR count). The minimum atomic E-state index is 0.163. The molecule has 2 nitrogen and oxygen atoms in total. The van der Waals surface area contributed by atoms with Crippen LogP contribution in [0.1, 0.15) is 58.2 Å². The Morgan fingerprint density at radius 3 is 2.68 bits per heavy atom. The first-order valence-corrected chi connectivity index (χ1v) is 8.12. The summed E-state index contributed by atoms with van der Waals surface area (Å²) in [6.07, 6.45) is 5.65. The zero-order valence-electron chi connectivity index (χ0n) is 13.0. The van der Waals surface area contributed by atoms with Gasteiger partial charge in [0.05, 0.1) is 10.7 Å². The van der Waals surface area contributed by atoms with E-state index in [1.54, 1.807) is 11.3 Å². The highest BCUT2D eigenvalue weighted by molar-refractivity contribution is 7.09. The molecule has 1 aromatic rings. The maximum atomic E-state index is 4.74. The largest absolute Gasteiger partial charge is 0.316 e. The summed E-state index contributed by atoms with van der Waals surface area (Å²) in [7, 11) is 0. The normalized spacial score (nSPS) is 13.0. The third-order valence-electron chi connectivity index (χ3n) is 2.99. The van der Waals surface area contributed by atoms with Gasteiger partial charge in [-0.2, -0.15) is 0 Å². The number of hydrogen-bond donors (Lipinski definition) is 1. The Kier molecular flexibility index (Phi) is 6.73. The lowest BCUT2D eigenvalue weighted by Crippen LogP contribution is -2.15. The summed E-state index contributed by atoms with van der Waals surface area (Å²) < 4.78 is 0. The predicted octanol–water partition coefficient (Wildman–Crippen LogP) is 4.32. The van der Waals surface area contributed by atoms with Crippen molar-refractivity contribution in [2.45, 2.75) is 59.3 Å². The molecule has 0 radical (unpaired) electrons. The van der Waals surface area contributed by atoms with Crippen LogP contribution in [0.3, 0.4) is 0 Å². The highest BCUT2D eigenvalue weighted by Gasteiger charge is 2.17. The van der Waals surface area contributed by atoms with Gasteiger partial charge in [-0.05, 0) is 32.9 Å². The van der Waals surface area contributed by atoms with Crippen molar-refractivity contribution in [3.63, 3.8) is 0 Å². The second kappa shape index (κ2) is 7.81. The topological polar surface area (TPSA) is 24.9 Å². The van der Waals surface area contributed by atoms with Gasteiger partial charge in [-0.25, -0.2) is 4.98 Å². The molecule has 0 spiro atoms. The van der Waals surface area contributed by atoms with Crippen LogP contribution in [0, 0.1) is 0 Å². The fraction of sp³-hybridized carbons (Fsp3) is 0.688. The lowest BCUT2D eigenvalue weighted by atomic mass is 9.93. The van der Waals surface area contributed by atoms with Crippen LogP contribution in [-0.4, -0.2) is 18.1 Å². The molecule has 0 aliphatic carbocycles. The van der Waals surface area contributed by atoms with E-state index in [9.17, 15) is 0 Å². The fourth-order valence-corrected chi connectivity index (χ4v) is 2.89. The molecule has 0 saturated carbocycles. The minimum Gasteiger partial charge on any atom is -0.316 e. The highest BCUT2D eigenvalue weighted by Crippen LogP contribution is 2.24. The van der Waals surface area contributed by atoms with Gasteiger partial charge in [0.1, 0.15) is 0 Å². The van der Waals surface area contributed by atoms with E-state index in [-0.39, 0.29) is 5.41 Å². The Labute approximate surface area is 122 Å². The predicted molar refractivity (Wildman–Crippen MR) is 86.1 cm³/mol. The van der Waals surface area contributed by atoms with E-state index < -0.39 is 0 Å². The Morgan fingerprint density at radius 2 is 2.11 bits per heavy atom. The molecule has 0 fully saturated rings. The summed E-state index contributed by atoms with van der Waals surface area (Å²) in [5, 5.41) is 6.86. The minimum absolute atomic E-state index is 0.163. The maximum absolute atomic E-state index is 4.74. The first kappa shape index (κ1) is 16.4. The Morgan fingerprint density at radius 1 is 1.37 bits per heavy atom. The van der Waals surface area contributed by atoms with Gasteiger partial charge in [-0.1, -0.05) is 39.3 Å². The number of nitrogens with one attached hydrogen (secondary N) is 1.